The Labute approximate surface area is 131 Å². The highest BCUT2D eigenvalue weighted by Gasteiger charge is 2.33. The van der Waals surface area contributed by atoms with Crippen LogP contribution in [0.1, 0.15) is 0 Å². The third-order valence-electron chi connectivity index (χ3n) is 1.95. The number of alkyl halides is 3. The second kappa shape index (κ2) is 6.77. The van der Waals surface area contributed by atoms with E-state index in [0.717, 1.165) is 12.3 Å². The zero-order chi connectivity index (χ0) is 16.2. The fraction of sp³-hybridized carbons (Fsp3) is 0.0909. The molecule has 0 aliphatic rings. The molecule has 0 aliphatic carbocycles. The first-order chi connectivity index (χ1) is 9.69. The molecule has 1 rings (SSSR count). The summed E-state index contributed by atoms with van der Waals surface area (Å²) in [5.74, 6) is -0.769. The molecule has 10 heteroatoms. The summed E-state index contributed by atoms with van der Waals surface area (Å²) in [6, 6.07) is 3.93. The van der Waals surface area contributed by atoms with Crippen LogP contribution in [0.5, 0.6) is 5.75 Å². The maximum atomic E-state index is 12.2. The van der Waals surface area contributed by atoms with E-state index in [-0.39, 0.29) is 21.3 Å². The van der Waals surface area contributed by atoms with Crippen molar-refractivity contribution in [1.82, 2.24) is 0 Å². The van der Waals surface area contributed by atoms with E-state index in [1.165, 1.54) is 0 Å². The maximum absolute atomic E-state index is 12.2. The second-order valence-electron chi connectivity index (χ2n) is 3.33. The van der Waals surface area contributed by atoms with Crippen LogP contribution >= 0.6 is 34.8 Å². The Kier molecular flexibility index (Phi) is 5.56. The Morgan fingerprint density at radius 1 is 1.19 bits per heavy atom. The van der Waals surface area contributed by atoms with E-state index in [9.17, 15) is 13.2 Å². The molecule has 0 radical (unpaired) electrons. The van der Waals surface area contributed by atoms with Gasteiger partial charge < -0.3 is 10.1 Å². The summed E-state index contributed by atoms with van der Waals surface area (Å²) in [5.41, 5.74) is -0.366. The SMILES string of the molecule is N#CC(C#N)=CNc1c(Cl)cc(OC(F)(F)F)c(Cl)c1Cl. The molecule has 1 aromatic carbocycles. The first kappa shape index (κ1) is 17.3. The van der Waals surface area contributed by atoms with Gasteiger partial charge in [-0.25, -0.2) is 0 Å². The quantitative estimate of drug-likeness (QED) is 0.618. The van der Waals surface area contributed by atoms with Gasteiger partial charge in [0.15, 0.2) is 5.75 Å². The standard InChI is InChI=1S/C11H3Cl3F3N3O/c12-6-1-7(21-11(15,16)17)8(13)9(14)10(6)20-4-5(2-18)3-19/h1,4,20H. The van der Waals surface area contributed by atoms with E-state index >= 15 is 0 Å². The van der Waals surface area contributed by atoms with Gasteiger partial charge >= 0.3 is 6.36 Å². The molecule has 0 fully saturated rings. The van der Waals surface area contributed by atoms with Gasteiger partial charge in [0.2, 0.25) is 0 Å². The van der Waals surface area contributed by atoms with Gasteiger partial charge in [0.25, 0.3) is 0 Å². The van der Waals surface area contributed by atoms with Crippen molar-refractivity contribution in [3.8, 4) is 17.9 Å². The van der Waals surface area contributed by atoms with E-state index in [1.807, 2.05) is 0 Å². The summed E-state index contributed by atoms with van der Waals surface area (Å²) >= 11 is 17.2. The number of anilines is 1. The maximum Gasteiger partial charge on any atom is 0.573 e. The van der Waals surface area contributed by atoms with Crippen molar-refractivity contribution < 1.29 is 17.9 Å². The fourth-order valence-electron chi connectivity index (χ4n) is 1.14. The number of hydrogen-bond donors (Lipinski definition) is 1. The molecule has 4 nitrogen and oxygen atoms in total. The third-order valence-corrected chi connectivity index (χ3v) is 3.10. The van der Waals surface area contributed by atoms with Crippen LogP contribution in [0.15, 0.2) is 17.8 Å². The number of rotatable bonds is 3. The van der Waals surface area contributed by atoms with Gasteiger partial charge in [-0.15, -0.1) is 13.2 Å². The first-order valence-corrected chi connectivity index (χ1v) is 6.03. The highest BCUT2D eigenvalue weighted by atomic mass is 35.5. The molecule has 0 amide bonds. The van der Waals surface area contributed by atoms with E-state index in [2.05, 4.69) is 10.1 Å². The number of nitrogens with one attached hydrogen (secondary N) is 1. The lowest BCUT2D eigenvalue weighted by molar-refractivity contribution is -0.274. The van der Waals surface area contributed by atoms with Crippen LogP contribution in [-0.2, 0) is 0 Å². The van der Waals surface area contributed by atoms with Crippen molar-refractivity contribution in [2.24, 2.45) is 0 Å². The molecule has 0 heterocycles. The van der Waals surface area contributed by atoms with Gasteiger partial charge in [-0.2, -0.15) is 10.5 Å². The number of halogens is 6. The summed E-state index contributed by atoms with van der Waals surface area (Å²) in [5, 5.41) is 18.4. The van der Waals surface area contributed by atoms with E-state index in [1.54, 1.807) is 12.1 Å². The lowest BCUT2D eigenvalue weighted by Crippen LogP contribution is -2.17. The summed E-state index contributed by atoms with van der Waals surface area (Å²) < 4.78 is 40.2. The van der Waals surface area contributed by atoms with Gasteiger partial charge in [0.1, 0.15) is 22.7 Å². The average Bonchev–Trinajstić information content (AvgIpc) is 2.38. The monoisotopic (exact) mass is 355 g/mol. The van der Waals surface area contributed by atoms with Gasteiger partial charge in [-0.05, 0) is 0 Å². The Balaban J connectivity index is 3.22. The van der Waals surface area contributed by atoms with Crippen LogP contribution in [0.2, 0.25) is 15.1 Å². The molecular weight excluding hydrogens is 353 g/mol. The van der Waals surface area contributed by atoms with Crippen molar-refractivity contribution in [3.05, 3.63) is 32.9 Å². The highest BCUT2D eigenvalue weighted by Crippen LogP contribution is 2.44. The number of benzene rings is 1. The lowest BCUT2D eigenvalue weighted by atomic mass is 10.3. The van der Waals surface area contributed by atoms with Crippen molar-refractivity contribution in [2.75, 3.05) is 5.32 Å². The Morgan fingerprint density at radius 2 is 1.76 bits per heavy atom. The van der Waals surface area contributed by atoms with E-state index in [0.29, 0.717) is 0 Å². The number of nitrogens with zero attached hydrogens (tertiary/aromatic N) is 2. The molecular formula is C11H3Cl3F3N3O. The Morgan fingerprint density at radius 3 is 2.24 bits per heavy atom. The minimum Gasteiger partial charge on any atom is -0.404 e. The van der Waals surface area contributed by atoms with Crippen LogP contribution in [0.3, 0.4) is 0 Å². The molecule has 0 aromatic heterocycles. The van der Waals surface area contributed by atoms with Crippen molar-refractivity contribution in [1.29, 1.82) is 10.5 Å². The molecule has 0 unspecified atom stereocenters. The summed E-state index contributed by atoms with van der Waals surface area (Å²) in [6.45, 7) is 0. The largest absolute Gasteiger partial charge is 0.573 e. The predicted molar refractivity (Wildman–Crippen MR) is 71.1 cm³/mol. The van der Waals surface area contributed by atoms with Crippen LogP contribution in [0.25, 0.3) is 0 Å². The first-order valence-electron chi connectivity index (χ1n) is 4.89. The molecule has 0 saturated carbocycles. The molecule has 21 heavy (non-hydrogen) atoms. The molecule has 1 N–H and O–H groups in total. The minimum absolute atomic E-state index is 0.0687. The molecule has 110 valence electrons. The van der Waals surface area contributed by atoms with Gasteiger partial charge in [0.05, 0.1) is 15.7 Å². The normalized spacial score (nSPS) is 10.3. The zero-order valence-electron chi connectivity index (χ0n) is 9.73. The topological polar surface area (TPSA) is 68.8 Å². The number of nitriles is 2. The Hall–Kier alpha value is -1.80. The smallest absolute Gasteiger partial charge is 0.404 e. The van der Waals surface area contributed by atoms with Crippen molar-refractivity contribution >= 4 is 40.5 Å². The molecule has 0 bridgehead atoms. The summed E-state index contributed by atoms with van der Waals surface area (Å²) in [4.78, 5) is 0. The van der Waals surface area contributed by atoms with Crippen LogP contribution in [0, 0.1) is 22.7 Å². The van der Waals surface area contributed by atoms with Gasteiger partial charge in [-0.3, -0.25) is 0 Å². The van der Waals surface area contributed by atoms with E-state index < -0.39 is 17.1 Å². The van der Waals surface area contributed by atoms with E-state index in [4.69, 9.17) is 45.3 Å². The predicted octanol–water partition coefficient (Wildman–Crippen LogP) is 4.89. The summed E-state index contributed by atoms with van der Waals surface area (Å²) in [7, 11) is 0. The number of hydrogen-bond acceptors (Lipinski definition) is 4. The Bertz CT molecular complexity index is 658. The van der Waals surface area contributed by atoms with Gasteiger partial charge in [-0.1, -0.05) is 34.8 Å². The average molecular weight is 357 g/mol. The fourth-order valence-corrected chi connectivity index (χ4v) is 1.87. The third kappa shape index (κ3) is 4.61. The zero-order valence-corrected chi connectivity index (χ0v) is 12.0. The molecule has 0 spiro atoms. The highest BCUT2D eigenvalue weighted by molar-refractivity contribution is 6.47. The molecule has 1 aromatic rings. The van der Waals surface area contributed by atoms with Crippen molar-refractivity contribution in [3.63, 3.8) is 0 Å². The minimum atomic E-state index is -4.96. The number of allylic oxidation sites excluding steroid dienone is 1. The molecule has 0 aliphatic heterocycles. The summed E-state index contributed by atoms with van der Waals surface area (Å²) in [6.07, 6.45) is -3.98. The lowest BCUT2D eigenvalue weighted by Gasteiger charge is -2.14. The van der Waals surface area contributed by atoms with Crippen LogP contribution in [0.4, 0.5) is 18.9 Å². The van der Waals surface area contributed by atoms with Gasteiger partial charge in [0, 0.05) is 12.3 Å². The van der Waals surface area contributed by atoms with Crippen LogP contribution in [-0.4, -0.2) is 6.36 Å². The van der Waals surface area contributed by atoms with Crippen LogP contribution < -0.4 is 10.1 Å². The molecule has 0 saturated heterocycles. The second-order valence-corrected chi connectivity index (χ2v) is 4.50. The number of ether oxygens (including phenoxy) is 1. The van der Waals surface area contributed by atoms with Crippen molar-refractivity contribution in [2.45, 2.75) is 6.36 Å². The molecule has 0 atom stereocenters.